The largest absolute Gasteiger partial charge is 0.495 e. The first kappa shape index (κ1) is 16.4. The molecule has 2 rings (SSSR count). The average molecular weight is 321 g/mol. The van der Waals surface area contributed by atoms with Crippen LogP contribution in [0, 0.1) is 20.8 Å². The molecule has 5 heteroatoms. The van der Waals surface area contributed by atoms with Crippen molar-refractivity contribution in [2.75, 3.05) is 19.0 Å². The van der Waals surface area contributed by atoms with Gasteiger partial charge in [-0.05, 0) is 38.5 Å². The van der Waals surface area contributed by atoms with E-state index in [0.29, 0.717) is 10.8 Å². The lowest BCUT2D eigenvalue weighted by molar-refractivity contribution is 0.101. The van der Waals surface area contributed by atoms with Gasteiger partial charge in [-0.15, -0.1) is 0 Å². The number of aromatic nitrogens is 1. The predicted molar refractivity (Wildman–Crippen MR) is 90.4 cm³/mol. The third-order valence-electron chi connectivity index (χ3n) is 4.00. The Morgan fingerprint density at radius 1 is 1.27 bits per heavy atom. The van der Waals surface area contributed by atoms with Gasteiger partial charge in [-0.2, -0.15) is 0 Å². The van der Waals surface area contributed by atoms with Crippen LogP contribution >= 0.6 is 11.6 Å². The van der Waals surface area contributed by atoms with Crippen LogP contribution in [0.1, 0.15) is 27.3 Å². The fourth-order valence-corrected chi connectivity index (χ4v) is 2.53. The van der Waals surface area contributed by atoms with Crippen molar-refractivity contribution in [1.82, 2.24) is 4.57 Å². The fourth-order valence-electron chi connectivity index (χ4n) is 2.38. The van der Waals surface area contributed by atoms with Gasteiger partial charge in [0.05, 0.1) is 19.3 Å². The molecule has 0 radical (unpaired) electrons. The van der Waals surface area contributed by atoms with Crippen molar-refractivity contribution >= 4 is 23.1 Å². The molecule has 0 atom stereocenters. The zero-order valence-corrected chi connectivity index (χ0v) is 14.3. The Labute approximate surface area is 136 Å². The second kappa shape index (κ2) is 6.44. The van der Waals surface area contributed by atoms with Gasteiger partial charge in [0.25, 0.3) is 0 Å². The molecule has 0 unspecified atom stereocenters. The maximum absolute atomic E-state index is 12.4. The van der Waals surface area contributed by atoms with E-state index in [9.17, 15) is 4.79 Å². The number of Topliss-reactive ketones (excluding diaryl/α,β-unsaturated/α-hetero) is 1. The molecule has 0 saturated heterocycles. The summed E-state index contributed by atoms with van der Waals surface area (Å²) in [5, 5.41) is 3.79. The maximum atomic E-state index is 12.4. The van der Waals surface area contributed by atoms with Crippen molar-refractivity contribution in [3.05, 3.63) is 45.7 Å². The molecule has 0 spiro atoms. The molecule has 0 fully saturated rings. The molecule has 118 valence electrons. The van der Waals surface area contributed by atoms with Crippen molar-refractivity contribution in [2.24, 2.45) is 7.05 Å². The highest BCUT2D eigenvalue weighted by Crippen LogP contribution is 2.30. The molecule has 0 aliphatic carbocycles. The Kier molecular flexibility index (Phi) is 4.81. The van der Waals surface area contributed by atoms with Gasteiger partial charge in [0.2, 0.25) is 0 Å². The van der Waals surface area contributed by atoms with Gasteiger partial charge < -0.3 is 14.6 Å². The maximum Gasteiger partial charge on any atom is 0.183 e. The van der Waals surface area contributed by atoms with Gasteiger partial charge in [-0.25, -0.2) is 0 Å². The van der Waals surface area contributed by atoms with Crippen molar-refractivity contribution < 1.29 is 9.53 Å². The van der Waals surface area contributed by atoms with Gasteiger partial charge in [-0.3, -0.25) is 4.79 Å². The van der Waals surface area contributed by atoms with Gasteiger partial charge in [0, 0.05) is 35.1 Å². The third kappa shape index (κ3) is 3.12. The molecule has 0 aliphatic heterocycles. The minimum atomic E-state index is 0.0517. The number of hydrogen-bond donors (Lipinski definition) is 1. The summed E-state index contributed by atoms with van der Waals surface area (Å²) >= 11 is 6.09. The second-order valence-electron chi connectivity index (χ2n) is 5.42. The fraction of sp³-hybridized carbons (Fsp3) is 0.353. The molecule has 0 aliphatic rings. The van der Waals surface area contributed by atoms with E-state index in [-0.39, 0.29) is 12.3 Å². The summed E-state index contributed by atoms with van der Waals surface area (Å²) in [6.45, 7) is 6.07. The average Bonchev–Trinajstić information content (AvgIpc) is 2.75. The SMILES string of the molecule is COc1cc(Cl)c(C)cc1NCC(=O)c1cc(C)n(C)c1C. The zero-order valence-electron chi connectivity index (χ0n) is 13.6. The first-order valence-corrected chi connectivity index (χ1v) is 7.47. The Bertz CT molecular complexity index is 720. The zero-order chi connectivity index (χ0) is 16.4. The van der Waals surface area contributed by atoms with Crippen LogP contribution in [0.4, 0.5) is 5.69 Å². The first-order valence-electron chi connectivity index (χ1n) is 7.09. The normalized spacial score (nSPS) is 10.6. The third-order valence-corrected chi connectivity index (χ3v) is 4.40. The van der Waals surface area contributed by atoms with E-state index >= 15 is 0 Å². The summed E-state index contributed by atoms with van der Waals surface area (Å²) in [7, 11) is 3.54. The summed E-state index contributed by atoms with van der Waals surface area (Å²) in [4.78, 5) is 12.4. The molecule has 1 aromatic heterocycles. The smallest absolute Gasteiger partial charge is 0.183 e. The van der Waals surface area contributed by atoms with E-state index in [1.807, 2.05) is 44.5 Å². The molecule has 1 heterocycles. The summed E-state index contributed by atoms with van der Waals surface area (Å²) in [6.07, 6.45) is 0. The van der Waals surface area contributed by atoms with Crippen LogP contribution in [0.15, 0.2) is 18.2 Å². The van der Waals surface area contributed by atoms with Crippen molar-refractivity contribution in [1.29, 1.82) is 0 Å². The van der Waals surface area contributed by atoms with E-state index in [4.69, 9.17) is 16.3 Å². The van der Waals surface area contributed by atoms with Crippen molar-refractivity contribution in [2.45, 2.75) is 20.8 Å². The highest BCUT2D eigenvalue weighted by Gasteiger charge is 2.15. The molecule has 0 bridgehead atoms. The number of carbonyl (C=O) groups excluding carboxylic acids is 1. The number of carbonyl (C=O) groups is 1. The lowest BCUT2D eigenvalue weighted by atomic mass is 10.1. The van der Waals surface area contributed by atoms with Crippen LogP contribution in [0.25, 0.3) is 0 Å². The molecule has 0 saturated carbocycles. The number of ketones is 1. The van der Waals surface area contributed by atoms with E-state index in [0.717, 1.165) is 28.2 Å². The number of nitrogens with one attached hydrogen (secondary N) is 1. The Hall–Kier alpha value is -1.94. The monoisotopic (exact) mass is 320 g/mol. The topological polar surface area (TPSA) is 43.3 Å². The minimum absolute atomic E-state index is 0.0517. The minimum Gasteiger partial charge on any atom is -0.495 e. The van der Waals surface area contributed by atoms with Crippen molar-refractivity contribution in [3.63, 3.8) is 0 Å². The molecular weight excluding hydrogens is 300 g/mol. The summed E-state index contributed by atoms with van der Waals surface area (Å²) in [5.74, 6) is 0.681. The number of ether oxygens (including phenoxy) is 1. The van der Waals surface area contributed by atoms with Crippen LogP contribution in [0.3, 0.4) is 0 Å². The molecular formula is C17H21ClN2O2. The van der Waals surface area contributed by atoms with E-state index in [1.54, 1.807) is 13.2 Å². The molecule has 22 heavy (non-hydrogen) atoms. The van der Waals surface area contributed by atoms with Gasteiger partial charge >= 0.3 is 0 Å². The number of halogens is 1. The van der Waals surface area contributed by atoms with Crippen LogP contribution in [-0.4, -0.2) is 24.0 Å². The Morgan fingerprint density at radius 3 is 2.50 bits per heavy atom. The number of rotatable bonds is 5. The lowest BCUT2D eigenvalue weighted by Gasteiger charge is -2.12. The molecule has 1 N–H and O–H groups in total. The van der Waals surface area contributed by atoms with E-state index in [2.05, 4.69) is 5.32 Å². The lowest BCUT2D eigenvalue weighted by Crippen LogP contribution is -2.15. The van der Waals surface area contributed by atoms with Crippen molar-refractivity contribution in [3.8, 4) is 5.75 Å². The quantitative estimate of drug-likeness (QED) is 0.849. The predicted octanol–water partition coefficient (Wildman–Crippen LogP) is 3.91. The molecule has 1 aromatic carbocycles. The van der Waals surface area contributed by atoms with E-state index < -0.39 is 0 Å². The second-order valence-corrected chi connectivity index (χ2v) is 5.83. The number of anilines is 1. The standard InChI is InChI=1S/C17H21ClN2O2/c1-10-6-15(17(22-5)8-14(10)18)19-9-16(21)13-7-11(2)20(4)12(13)3/h6-8,19H,9H2,1-5H3. The van der Waals surface area contributed by atoms with E-state index in [1.165, 1.54) is 0 Å². The summed E-state index contributed by atoms with van der Waals surface area (Å²) < 4.78 is 7.32. The number of hydrogen-bond acceptors (Lipinski definition) is 3. The number of benzene rings is 1. The van der Waals surface area contributed by atoms with Crippen LogP contribution in [0.2, 0.25) is 5.02 Å². The highest BCUT2D eigenvalue weighted by atomic mass is 35.5. The molecule has 4 nitrogen and oxygen atoms in total. The van der Waals surface area contributed by atoms with Crippen LogP contribution in [0.5, 0.6) is 5.75 Å². The van der Waals surface area contributed by atoms with Gasteiger partial charge in [0.1, 0.15) is 5.75 Å². The Balaban J connectivity index is 2.18. The van der Waals surface area contributed by atoms with Gasteiger partial charge in [0.15, 0.2) is 5.78 Å². The molecule has 2 aromatic rings. The number of nitrogens with zero attached hydrogens (tertiary/aromatic N) is 1. The first-order chi connectivity index (χ1) is 10.3. The summed E-state index contributed by atoms with van der Waals surface area (Å²) in [5.41, 5.74) is 4.49. The van der Waals surface area contributed by atoms with Crippen LogP contribution < -0.4 is 10.1 Å². The highest BCUT2D eigenvalue weighted by molar-refractivity contribution is 6.31. The number of aryl methyl sites for hydroxylation is 2. The number of methoxy groups -OCH3 is 1. The summed E-state index contributed by atoms with van der Waals surface area (Å²) in [6, 6.07) is 5.56. The molecule has 0 amide bonds. The van der Waals surface area contributed by atoms with Crippen LogP contribution in [-0.2, 0) is 7.05 Å². The van der Waals surface area contributed by atoms with Gasteiger partial charge in [-0.1, -0.05) is 11.6 Å². The Morgan fingerprint density at radius 2 is 1.95 bits per heavy atom.